The van der Waals surface area contributed by atoms with Gasteiger partial charge in [-0.3, -0.25) is 18.9 Å². The van der Waals surface area contributed by atoms with Crippen molar-refractivity contribution in [1.82, 2.24) is 14.3 Å². The van der Waals surface area contributed by atoms with Gasteiger partial charge in [0.15, 0.2) is 0 Å². The fraction of sp³-hybridized carbons (Fsp3) is 0.455. The normalized spacial score (nSPS) is 15.2. The second kappa shape index (κ2) is 12.2. The topological polar surface area (TPSA) is 105 Å². The van der Waals surface area contributed by atoms with Crippen LogP contribution in [0.3, 0.4) is 0 Å². The number of thiocarbonyl (C=S) groups is 1. The van der Waals surface area contributed by atoms with Crippen LogP contribution in [-0.2, 0) is 14.3 Å². The molecule has 1 aliphatic heterocycles. The Hall–Kier alpha value is -2.31. The van der Waals surface area contributed by atoms with Gasteiger partial charge in [0, 0.05) is 32.5 Å². The molecule has 0 spiro atoms. The predicted molar refractivity (Wildman–Crippen MR) is 134 cm³/mol. The minimum atomic E-state index is -0.288. The van der Waals surface area contributed by atoms with Gasteiger partial charge in [0.1, 0.15) is 15.8 Å². The van der Waals surface area contributed by atoms with Crippen molar-refractivity contribution in [2.24, 2.45) is 0 Å². The number of amides is 1. The number of pyridine rings is 1. The van der Waals surface area contributed by atoms with Crippen LogP contribution in [0.2, 0.25) is 0 Å². The molecular weight excluding hydrogens is 464 g/mol. The first-order chi connectivity index (χ1) is 16.0. The molecule has 9 nitrogen and oxygen atoms in total. The molecule has 11 heteroatoms. The number of aliphatic hydroxyl groups excluding tert-OH is 1. The van der Waals surface area contributed by atoms with E-state index in [0.717, 1.165) is 5.56 Å². The summed E-state index contributed by atoms with van der Waals surface area (Å²) in [6, 6.07) is 3.65. The van der Waals surface area contributed by atoms with Gasteiger partial charge >= 0.3 is 0 Å². The highest BCUT2D eigenvalue weighted by Crippen LogP contribution is 2.33. The molecule has 2 aromatic heterocycles. The number of nitrogens with one attached hydrogen (secondary N) is 1. The number of aryl methyl sites for hydroxylation is 1. The third-order valence-electron chi connectivity index (χ3n) is 4.80. The number of carbonyl (C=O) groups is 1. The molecule has 0 bridgehead atoms. The summed E-state index contributed by atoms with van der Waals surface area (Å²) < 4.78 is 12.6. The van der Waals surface area contributed by atoms with E-state index < -0.39 is 0 Å². The van der Waals surface area contributed by atoms with E-state index in [9.17, 15) is 9.59 Å². The summed E-state index contributed by atoms with van der Waals surface area (Å²) in [6.07, 6.45) is 3.95. The molecule has 3 rings (SSSR count). The van der Waals surface area contributed by atoms with E-state index in [1.54, 1.807) is 18.3 Å². The lowest BCUT2D eigenvalue weighted by Crippen LogP contribution is -2.29. The Bertz CT molecular complexity index is 1100. The largest absolute Gasteiger partial charge is 0.394 e. The molecule has 3 heterocycles. The number of rotatable bonds is 12. The van der Waals surface area contributed by atoms with Crippen LogP contribution in [0.5, 0.6) is 0 Å². The maximum absolute atomic E-state index is 13.3. The molecule has 0 unspecified atom stereocenters. The third-order valence-corrected chi connectivity index (χ3v) is 6.18. The number of fused-ring (bicyclic) bond motifs is 1. The highest BCUT2D eigenvalue weighted by Gasteiger charge is 2.32. The smallest absolute Gasteiger partial charge is 0.267 e. The van der Waals surface area contributed by atoms with Crippen molar-refractivity contribution >= 4 is 51.7 Å². The zero-order chi connectivity index (χ0) is 23.8. The molecule has 0 aromatic carbocycles. The minimum Gasteiger partial charge on any atom is -0.394 e. The fourth-order valence-corrected chi connectivity index (χ4v) is 4.52. The fourth-order valence-electron chi connectivity index (χ4n) is 3.22. The molecule has 0 radical (unpaired) electrons. The second-order valence-electron chi connectivity index (χ2n) is 7.26. The first-order valence-corrected chi connectivity index (χ1v) is 12.0. The quantitative estimate of drug-likeness (QED) is 0.262. The Balaban J connectivity index is 1.91. The summed E-state index contributed by atoms with van der Waals surface area (Å²) in [7, 11) is 0. The molecule has 1 amide bonds. The van der Waals surface area contributed by atoms with E-state index in [0.29, 0.717) is 60.0 Å². The molecule has 33 heavy (non-hydrogen) atoms. The summed E-state index contributed by atoms with van der Waals surface area (Å²) >= 11 is 6.57. The van der Waals surface area contributed by atoms with E-state index in [4.69, 9.17) is 26.8 Å². The number of thioether (sulfide) groups is 1. The lowest BCUT2D eigenvalue weighted by molar-refractivity contribution is -0.122. The number of aromatic nitrogens is 2. The number of carbonyl (C=O) groups excluding carboxylic acids is 1. The number of nitrogens with zero attached hydrogens (tertiary/aromatic N) is 3. The zero-order valence-corrected chi connectivity index (χ0v) is 20.3. The van der Waals surface area contributed by atoms with E-state index >= 15 is 0 Å². The maximum atomic E-state index is 13.3. The van der Waals surface area contributed by atoms with Crippen LogP contribution < -0.4 is 10.9 Å². The molecule has 2 aromatic rings. The minimum absolute atomic E-state index is 0.0629. The molecule has 178 valence electrons. The van der Waals surface area contributed by atoms with E-state index in [-0.39, 0.29) is 30.2 Å². The predicted octanol–water partition coefficient (Wildman–Crippen LogP) is 2.05. The number of ether oxygens (including phenoxy) is 2. The van der Waals surface area contributed by atoms with Crippen LogP contribution >= 0.6 is 24.0 Å². The Labute approximate surface area is 201 Å². The Kier molecular flexibility index (Phi) is 9.39. The Morgan fingerprint density at radius 2 is 2.06 bits per heavy atom. The summed E-state index contributed by atoms with van der Waals surface area (Å²) in [5.74, 6) is 0.130. The van der Waals surface area contributed by atoms with Gasteiger partial charge in [0.2, 0.25) is 0 Å². The first kappa shape index (κ1) is 25.3. The van der Waals surface area contributed by atoms with Crippen LogP contribution in [0.4, 0.5) is 5.82 Å². The average molecular weight is 493 g/mol. The van der Waals surface area contributed by atoms with Crippen molar-refractivity contribution in [2.75, 3.05) is 51.4 Å². The van der Waals surface area contributed by atoms with Gasteiger partial charge in [-0.2, -0.15) is 0 Å². The highest BCUT2D eigenvalue weighted by atomic mass is 32.2. The standard InChI is InChI=1S/C22H28N4O5S2/c1-3-30-10-4-8-25-21(29)17(33-22(25)32)13-16-19(23-7-11-31-12-9-27)24-18-6-5-15(2)14-26(18)20(16)28/h5-6,13-14,23,27H,3-4,7-12H2,1-2H3. The van der Waals surface area contributed by atoms with Gasteiger partial charge in [0.05, 0.1) is 30.3 Å². The lowest BCUT2D eigenvalue weighted by Gasteiger charge is -2.14. The van der Waals surface area contributed by atoms with E-state index in [2.05, 4.69) is 10.3 Å². The number of hydrogen-bond acceptors (Lipinski definition) is 9. The second-order valence-corrected chi connectivity index (χ2v) is 8.94. The van der Waals surface area contributed by atoms with Gasteiger partial charge in [-0.1, -0.05) is 30.0 Å². The molecule has 2 N–H and O–H groups in total. The van der Waals surface area contributed by atoms with Crippen molar-refractivity contribution in [3.05, 3.63) is 44.7 Å². The molecule has 0 atom stereocenters. The van der Waals surface area contributed by atoms with Crippen LogP contribution in [-0.4, -0.2) is 75.7 Å². The van der Waals surface area contributed by atoms with E-state index in [1.807, 2.05) is 19.9 Å². The molecule has 1 fully saturated rings. The van der Waals surface area contributed by atoms with Crippen molar-refractivity contribution in [3.8, 4) is 0 Å². The molecule has 1 aliphatic rings. The molecule has 0 aliphatic carbocycles. The monoisotopic (exact) mass is 492 g/mol. The summed E-state index contributed by atoms with van der Waals surface area (Å²) in [5.41, 5.74) is 1.39. The summed E-state index contributed by atoms with van der Waals surface area (Å²) in [4.78, 5) is 32.8. The van der Waals surface area contributed by atoms with Crippen molar-refractivity contribution in [1.29, 1.82) is 0 Å². The average Bonchev–Trinajstić information content (AvgIpc) is 3.06. The summed E-state index contributed by atoms with van der Waals surface area (Å²) in [5, 5.41) is 12.0. The number of aliphatic hydroxyl groups is 1. The van der Waals surface area contributed by atoms with Gasteiger partial charge in [-0.15, -0.1) is 0 Å². The molecule has 0 saturated carbocycles. The van der Waals surface area contributed by atoms with Gasteiger partial charge in [-0.05, 0) is 38.0 Å². The van der Waals surface area contributed by atoms with Crippen LogP contribution in [0, 0.1) is 6.92 Å². The van der Waals surface area contributed by atoms with Crippen molar-refractivity contribution < 1.29 is 19.4 Å². The van der Waals surface area contributed by atoms with Crippen molar-refractivity contribution in [2.45, 2.75) is 20.3 Å². The first-order valence-electron chi connectivity index (χ1n) is 10.7. The maximum Gasteiger partial charge on any atom is 0.267 e. The Morgan fingerprint density at radius 3 is 2.82 bits per heavy atom. The van der Waals surface area contributed by atoms with Gasteiger partial charge in [0.25, 0.3) is 11.5 Å². The molecular formula is C22H28N4O5S2. The lowest BCUT2D eigenvalue weighted by atomic mass is 10.2. The highest BCUT2D eigenvalue weighted by molar-refractivity contribution is 8.26. The van der Waals surface area contributed by atoms with Gasteiger partial charge in [-0.25, -0.2) is 4.98 Å². The third kappa shape index (κ3) is 6.39. The zero-order valence-electron chi connectivity index (χ0n) is 18.7. The number of hydrogen-bond donors (Lipinski definition) is 2. The van der Waals surface area contributed by atoms with Crippen LogP contribution in [0.25, 0.3) is 11.7 Å². The van der Waals surface area contributed by atoms with Crippen molar-refractivity contribution in [3.63, 3.8) is 0 Å². The van der Waals surface area contributed by atoms with E-state index in [1.165, 1.54) is 21.1 Å². The van der Waals surface area contributed by atoms with Crippen LogP contribution in [0.15, 0.2) is 28.0 Å². The van der Waals surface area contributed by atoms with Crippen LogP contribution in [0.1, 0.15) is 24.5 Å². The number of anilines is 1. The Morgan fingerprint density at radius 1 is 1.24 bits per heavy atom. The summed E-state index contributed by atoms with van der Waals surface area (Å²) in [6.45, 7) is 6.33. The molecule has 1 saturated heterocycles. The van der Waals surface area contributed by atoms with Gasteiger partial charge < -0.3 is 19.9 Å². The SMILES string of the molecule is CCOCCCN1C(=O)C(=Cc2c(NCCOCCO)nc3ccc(C)cn3c2=O)SC1=S.